The van der Waals surface area contributed by atoms with Crippen LogP contribution in [-0.2, 0) is 0 Å². The van der Waals surface area contributed by atoms with Crippen LogP contribution in [0.1, 0.15) is 21.5 Å². The number of rotatable bonds is 3. The van der Waals surface area contributed by atoms with E-state index in [1.807, 2.05) is 59.5 Å². The second kappa shape index (κ2) is 8.42. The van der Waals surface area contributed by atoms with Crippen molar-refractivity contribution < 1.29 is 4.79 Å². The van der Waals surface area contributed by atoms with Gasteiger partial charge in [-0.2, -0.15) is 0 Å². The number of hydrogen-bond acceptors (Lipinski definition) is 4. The van der Waals surface area contributed by atoms with Gasteiger partial charge in [0.2, 0.25) is 0 Å². The van der Waals surface area contributed by atoms with Gasteiger partial charge in [-0.25, -0.2) is 0 Å². The van der Waals surface area contributed by atoms with Gasteiger partial charge in [-0.1, -0.05) is 60.2 Å². The van der Waals surface area contributed by atoms with Gasteiger partial charge in [-0.3, -0.25) is 4.79 Å². The van der Waals surface area contributed by atoms with Crippen molar-refractivity contribution in [3.8, 4) is 11.3 Å². The fourth-order valence-corrected chi connectivity index (χ4v) is 4.46. The number of aryl methyl sites for hydroxylation is 2. The lowest BCUT2D eigenvalue weighted by Crippen LogP contribution is -2.49. The van der Waals surface area contributed by atoms with Gasteiger partial charge in [-0.15, -0.1) is 10.2 Å². The molecule has 1 aromatic heterocycles. The predicted molar refractivity (Wildman–Crippen MR) is 129 cm³/mol. The summed E-state index contributed by atoms with van der Waals surface area (Å²) >= 11 is 0. The molecule has 1 saturated heterocycles. The Morgan fingerprint density at radius 3 is 2.34 bits per heavy atom. The molecule has 0 saturated carbocycles. The molecule has 1 aliphatic rings. The molecule has 0 aliphatic carbocycles. The van der Waals surface area contributed by atoms with E-state index in [-0.39, 0.29) is 5.91 Å². The summed E-state index contributed by atoms with van der Waals surface area (Å²) in [6.45, 7) is 7.02. The van der Waals surface area contributed by atoms with Crippen molar-refractivity contribution >= 4 is 22.5 Å². The van der Waals surface area contributed by atoms with Crippen molar-refractivity contribution in [1.82, 2.24) is 15.1 Å². The quantitative estimate of drug-likeness (QED) is 0.472. The van der Waals surface area contributed by atoms with E-state index in [0.717, 1.165) is 46.5 Å². The number of anilines is 1. The lowest BCUT2D eigenvalue weighted by molar-refractivity contribution is 0.0748. The Balaban J connectivity index is 1.28. The minimum Gasteiger partial charge on any atom is -0.352 e. The molecule has 5 heteroatoms. The first-order valence-corrected chi connectivity index (χ1v) is 11.0. The van der Waals surface area contributed by atoms with Gasteiger partial charge >= 0.3 is 0 Å². The van der Waals surface area contributed by atoms with Gasteiger partial charge in [0, 0.05) is 37.3 Å². The van der Waals surface area contributed by atoms with Crippen LogP contribution in [-0.4, -0.2) is 47.2 Å². The topological polar surface area (TPSA) is 49.3 Å². The van der Waals surface area contributed by atoms with Gasteiger partial charge in [0.05, 0.1) is 5.69 Å². The lowest BCUT2D eigenvalue weighted by Gasteiger charge is -2.35. The van der Waals surface area contributed by atoms with E-state index in [9.17, 15) is 4.79 Å². The summed E-state index contributed by atoms with van der Waals surface area (Å²) in [5.74, 6) is 0.952. The maximum Gasteiger partial charge on any atom is 0.254 e. The summed E-state index contributed by atoms with van der Waals surface area (Å²) in [6.07, 6.45) is 0. The minimum absolute atomic E-state index is 0.0951. The molecule has 4 aromatic rings. The second-order valence-electron chi connectivity index (χ2n) is 8.40. The van der Waals surface area contributed by atoms with E-state index in [4.69, 9.17) is 0 Å². The molecule has 0 spiro atoms. The first kappa shape index (κ1) is 20.2. The van der Waals surface area contributed by atoms with Gasteiger partial charge in [-0.05, 0) is 48.4 Å². The Bertz CT molecular complexity index is 1270. The Morgan fingerprint density at radius 1 is 0.812 bits per heavy atom. The van der Waals surface area contributed by atoms with Crippen LogP contribution in [0.4, 0.5) is 5.82 Å². The molecule has 1 amide bonds. The van der Waals surface area contributed by atoms with Crippen LogP contribution >= 0.6 is 0 Å². The zero-order chi connectivity index (χ0) is 22.1. The van der Waals surface area contributed by atoms with Gasteiger partial charge in [0.15, 0.2) is 5.82 Å². The fourth-order valence-electron chi connectivity index (χ4n) is 4.46. The highest BCUT2D eigenvalue weighted by atomic mass is 16.2. The number of amides is 1. The first-order valence-electron chi connectivity index (χ1n) is 11.0. The molecule has 0 bridgehead atoms. The number of carbonyl (C=O) groups is 1. The van der Waals surface area contributed by atoms with Crippen molar-refractivity contribution in [2.45, 2.75) is 13.8 Å². The van der Waals surface area contributed by atoms with Crippen molar-refractivity contribution in [2.24, 2.45) is 0 Å². The number of hydrogen-bond donors (Lipinski definition) is 0. The van der Waals surface area contributed by atoms with Crippen molar-refractivity contribution in [3.05, 3.63) is 89.5 Å². The van der Waals surface area contributed by atoms with E-state index in [1.54, 1.807) is 0 Å². The first-order chi connectivity index (χ1) is 15.6. The monoisotopic (exact) mass is 422 g/mol. The summed E-state index contributed by atoms with van der Waals surface area (Å²) in [4.78, 5) is 17.3. The number of fused-ring (bicyclic) bond motifs is 1. The van der Waals surface area contributed by atoms with Crippen LogP contribution < -0.4 is 4.90 Å². The summed E-state index contributed by atoms with van der Waals surface area (Å²) in [6, 6.07) is 24.4. The minimum atomic E-state index is 0.0951. The molecule has 0 unspecified atom stereocenters. The fraction of sp³-hybridized carbons (Fsp3) is 0.222. The zero-order valence-corrected chi connectivity index (χ0v) is 18.5. The number of benzene rings is 3. The Morgan fingerprint density at radius 2 is 1.59 bits per heavy atom. The average molecular weight is 423 g/mol. The molecular formula is C27H26N4O. The molecule has 3 aromatic carbocycles. The molecule has 0 radical (unpaired) electrons. The number of aromatic nitrogens is 2. The standard InChI is InChI=1S/C27H26N4O/c1-19-10-11-22(20(2)18-19)25-12-13-26(29-28-25)30-14-16-31(17-15-30)27(32)24-9-5-7-21-6-3-4-8-23(21)24/h3-13,18H,14-17H2,1-2H3. The van der Waals surface area contributed by atoms with Gasteiger partial charge < -0.3 is 9.80 Å². The molecule has 5 rings (SSSR count). The van der Waals surface area contributed by atoms with E-state index in [0.29, 0.717) is 13.1 Å². The SMILES string of the molecule is Cc1ccc(-c2ccc(N3CCN(C(=O)c4cccc5ccccc45)CC3)nn2)c(C)c1. The van der Waals surface area contributed by atoms with Gasteiger partial charge in [0.1, 0.15) is 0 Å². The molecule has 1 aliphatic heterocycles. The number of carbonyl (C=O) groups excluding carboxylic acids is 1. The molecule has 2 heterocycles. The van der Waals surface area contributed by atoms with E-state index in [1.165, 1.54) is 11.1 Å². The van der Waals surface area contributed by atoms with Crippen LogP contribution in [0.15, 0.2) is 72.8 Å². The van der Waals surface area contributed by atoms with Crippen molar-refractivity contribution in [1.29, 1.82) is 0 Å². The maximum atomic E-state index is 13.2. The van der Waals surface area contributed by atoms with Crippen LogP contribution in [0.3, 0.4) is 0 Å². The highest BCUT2D eigenvalue weighted by molar-refractivity contribution is 6.07. The maximum absolute atomic E-state index is 13.2. The predicted octanol–water partition coefficient (Wildman–Crippen LogP) is 4.88. The second-order valence-corrected chi connectivity index (χ2v) is 8.40. The summed E-state index contributed by atoms with van der Waals surface area (Å²) in [7, 11) is 0. The largest absolute Gasteiger partial charge is 0.352 e. The molecule has 0 atom stereocenters. The number of piperazine rings is 1. The van der Waals surface area contributed by atoms with Gasteiger partial charge in [0.25, 0.3) is 5.91 Å². The van der Waals surface area contributed by atoms with Crippen LogP contribution in [0.2, 0.25) is 0 Å². The Labute approximate surface area is 188 Å². The highest BCUT2D eigenvalue weighted by Crippen LogP contribution is 2.24. The van der Waals surface area contributed by atoms with E-state index >= 15 is 0 Å². The normalized spacial score (nSPS) is 14.1. The van der Waals surface area contributed by atoms with E-state index < -0.39 is 0 Å². The third-order valence-corrected chi connectivity index (χ3v) is 6.22. The number of nitrogens with zero attached hydrogens (tertiary/aromatic N) is 4. The van der Waals surface area contributed by atoms with Crippen LogP contribution in [0, 0.1) is 13.8 Å². The zero-order valence-electron chi connectivity index (χ0n) is 18.5. The highest BCUT2D eigenvalue weighted by Gasteiger charge is 2.24. The molecule has 0 N–H and O–H groups in total. The third-order valence-electron chi connectivity index (χ3n) is 6.22. The average Bonchev–Trinajstić information content (AvgIpc) is 2.83. The van der Waals surface area contributed by atoms with Crippen LogP contribution in [0.25, 0.3) is 22.0 Å². The Hall–Kier alpha value is -3.73. The third kappa shape index (κ3) is 3.82. The summed E-state index contributed by atoms with van der Waals surface area (Å²) < 4.78 is 0. The Kier molecular flexibility index (Phi) is 5.31. The van der Waals surface area contributed by atoms with E-state index in [2.05, 4.69) is 47.1 Å². The molecule has 32 heavy (non-hydrogen) atoms. The molecule has 160 valence electrons. The molecular weight excluding hydrogens is 396 g/mol. The lowest BCUT2D eigenvalue weighted by atomic mass is 10.0. The van der Waals surface area contributed by atoms with Crippen molar-refractivity contribution in [2.75, 3.05) is 31.1 Å². The summed E-state index contributed by atoms with van der Waals surface area (Å²) in [5.41, 5.74) is 5.21. The molecule has 1 fully saturated rings. The van der Waals surface area contributed by atoms with Crippen LogP contribution in [0.5, 0.6) is 0 Å². The smallest absolute Gasteiger partial charge is 0.254 e. The van der Waals surface area contributed by atoms with Crippen molar-refractivity contribution in [3.63, 3.8) is 0 Å². The summed E-state index contributed by atoms with van der Waals surface area (Å²) in [5, 5.41) is 11.1. The molecule has 5 nitrogen and oxygen atoms in total.